The van der Waals surface area contributed by atoms with Gasteiger partial charge in [0.1, 0.15) is 4.21 Å². The summed E-state index contributed by atoms with van der Waals surface area (Å²) in [6.07, 6.45) is 3.36. The summed E-state index contributed by atoms with van der Waals surface area (Å²) in [5.41, 5.74) is 5.34. The summed E-state index contributed by atoms with van der Waals surface area (Å²) in [7, 11) is -3.48. The summed E-state index contributed by atoms with van der Waals surface area (Å²) in [5, 5.41) is 2.89. The van der Waals surface area contributed by atoms with Gasteiger partial charge in [0.2, 0.25) is 5.91 Å². The van der Waals surface area contributed by atoms with Crippen molar-refractivity contribution in [2.45, 2.75) is 56.7 Å². The van der Waals surface area contributed by atoms with Crippen LogP contribution in [-0.2, 0) is 21.2 Å². The third-order valence-corrected chi connectivity index (χ3v) is 7.95. The van der Waals surface area contributed by atoms with Gasteiger partial charge < -0.3 is 11.1 Å². The SMILES string of the molecule is CC(C)(C)C(=O)NCCc1ccc(S(=O)(=O)N2CCCCC2CN)s1. The number of carbonyl (C=O) groups is 1. The number of hydrogen-bond acceptors (Lipinski definition) is 5. The van der Waals surface area contributed by atoms with E-state index in [2.05, 4.69) is 5.32 Å². The molecule has 2 rings (SSSR count). The Labute approximate surface area is 154 Å². The van der Waals surface area contributed by atoms with Gasteiger partial charge in [0.25, 0.3) is 10.0 Å². The van der Waals surface area contributed by atoms with Gasteiger partial charge in [-0.25, -0.2) is 8.42 Å². The molecular weight excluding hydrogens is 358 g/mol. The first kappa shape index (κ1) is 20.4. The number of rotatable bonds is 6. The molecule has 6 nitrogen and oxygen atoms in total. The maximum atomic E-state index is 12.9. The van der Waals surface area contributed by atoms with E-state index < -0.39 is 15.4 Å². The minimum Gasteiger partial charge on any atom is -0.355 e. The fourth-order valence-electron chi connectivity index (χ4n) is 2.84. The van der Waals surface area contributed by atoms with Gasteiger partial charge in [-0.05, 0) is 31.4 Å². The van der Waals surface area contributed by atoms with E-state index in [1.165, 1.54) is 11.3 Å². The average Bonchev–Trinajstić information content (AvgIpc) is 3.03. The Balaban J connectivity index is 2.01. The summed E-state index contributed by atoms with van der Waals surface area (Å²) in [6, 6.07) is 3.40. The van der Waals surface area contributed by atoms with E-state index in [1.807, 2.05) is 26.8 Å². The van der Waals surface area contributed by atoms with Crippen LogP contribution in [-0.4, -0.2) is 44.3 Å². The lowest BCUT2D eigenvalue weighted by Crippen LogP contribution is -2.47. The molecule has 2 heterocycles. The number of sulfonamides is 1. The summed E-state index contributed by atoms with van der Waals surface area (Å²) in [5.74, 6) is -0.00370. The maximum Gasteiger partial charge on any atom is 0.252 e. The van der Waals surface area contributed by atoms with Crippen LogP contribution in [0.25, 0.3) is 0 Å². The quantitative estimate of drug-likeness (QED) is 0.780. The van der Waals surface area contributed by atoms with E-state index in [4.69, 9.17) is 5.73 Å². The van der Waals surface area contributed by atoms with Crippen LogP contribution in [0.5, 0.6) is 0 Å². The molecule has 1 amide bonds. The smallest absolute Gasteiger partial charge is 0.252 e. The van der Waals surface area contributed by atoms with E-state index in [-0.39, 0.29) is 11.9 Å². The van der Waals surface area contributed by atoms with Crippen molar-refractivity contribution in [3.63, 3.8) is 0 Å². The fraction of sp³-hybridized carbons (Fsp3) is 0.706. The molecule has 3 N–H and O–H groups in total. The van der Waals surface area contributed by atoms with Crippen molar-refractivity contribution < 1.29 is 13.2 Å². The molecule has 0 radical (unpaired) electrons. The molecule has 1 saturated heterocycles. The Kier molecular flexibility index (Phi) is 6.64. The summed E-state index contributed by atoms with van der Waals surface area (Å²) >= 11 is 1.28. The normalized spacial score (nSPS) is 19.8. The Morgan fingerprint density at radius 1 is 1.36 bits per heavy atom. The number of thiophene rings is 1. The van der Waals surface area contributed by atoms with Crippen LogP contribution in [0.4, 0.5) is 0 Å². The lowest BCUT2D eigenvalue weighted by molar-refractivity contribution is -0.128. The number of nitrogens with two attached hydrogens (primary N) is 1. The molecule has 0 aromatic carbocycles. The lowest BCUT2D eigenvalue weighted by Gasteiger charge is -2.33. The molecule has 25 heavy (non-hydrogen) atoms. The highest BCUT2D eigenvalue weighted by Gasteiger charge is 2.33. The third kappa shape index (κ3) is 5.03. The molecule has 1 aromatic rings. The topological polar surface area (TPSA) is 92.5 Å². The Hall–Kier alpha value is -0.960. The van der Waals surface area contributed by atoms with Gasteiger partial charge in [0.15, 0.2) is 0 Å². The number of hydrogen-bond donors (Lipinski definition) is 2. The van der Waals surface area contributed by atoms with Gasteiger partial charge in [-0.15, -0.1) is 11.3 Å². The Morgan fingerprint density at radius 3 is 2.72 bits per heavy atom. The van der Waals surface area contributed by atoms with Gasteiger partial charge in [-0.3, -0.25) is 4.79 Å². The number of amides is 1. The standard InChI is InChI=1S/C17H29N3O3S2/c1-17(2,3)16(21)19-10-9-14-7-8-15(24-14)25(22,23)20-11-5-4-6-13(20)12-18/h7-8,13H,4-6,9-12,18H2,1-3H3,(H,19,21). The summed E-state index contributed by atoms with van der Waals surface area (Å²) in [4.78, 5) is 12.8. The van der Waals surface area contributed by atoms with E-state index in [0.29, 0.717) is 30.3 Å². The van der Waals surface area contributed by atoms with E-state index in [0.717, 1.165) is 24.1 Å². The van der Waals surface area contributed by atoms with Crippen LogP contribution in [0, 0.1) is 5.41 Å². The van der Waals surface area contributed by atoms with Gasteiger partial charge in [-0.2, -0.15) is 4.31 Å². The highest BCUT2D eigenvalue weighted by atomic mass is 32.2. The molecule has 1 fully saturated rings. The Morgan fingerprint density at radius 2 is 2.08 bits per heavy atom. The largest absolute Gasteiger partial charge is 0.355 e. The number of piperidine rings is 1. The fourth-order valence-corrected chi connectivity index (χ4v) is 6.03. The van der Waals surface area contributed by atoms with Crippen molar-refractivity contribution in [3.8, 4) is 0 Å². The zero-order valence-corrected chi connectivity index (χ0v) is 16.9. The van der Waals surface area contributed by atoms with Crippen LogP contribution >= 0.6 is 11.3 Å². The second-order valence-electron chi connectivity index (χ2n) is 7.48. The summed E-state index contributed by atoms with van der Waals surface area (Å²) < 4.78 is 27.7. The molecular formula is C17H29N3O3S2. The molecule has 0 saturated carbocycles. The molecule has 1 aromatic heterocycles. The third-order valence-electron chi connectivity index (χ3n) is 4.38. The molecule has 0 aliphatic carbocycles. The van der Waals surface area contributed by atoms with Crippen molar-refractivity contribution in [1.82, 2.24) is 9.62 Å². The lowest BCUT2D eigenvalue weighted by atomic mass is 9.96. The van der Waals surface area contributed by atoms with Gasteiger partial charge in [-0.1, -0.05) is 27.2 Å². The predicted molar refractivity (Wildman–Crippen MR) is 101 cm³/mol. The summed E-state index contributed by atoms with van der Waals surface area (Å²) in [6.45, 7) is 7.00. The van der Waals surface area contributed by atoms with E-state index >= 15 is 0 Å². The van der Waals surface area contributed by atoms with Crippen molar-refractivity contribution in [2.75, 3.05) is 19.6 Å². The minimum absolute atomic E-state index is 0.00370. The maximum absolute atomic E-state index is 12.9. The molecule has 1 aliphatic rings. The molecule has 1 unspecified atom stereocenters. The monoisotopic (exact) mass is 387 g/mol. The average molecular weight is 388 g/mol. The number of carbonyl (C=O) groups excluding carboxylic acids is 1. The molecule has 1 aliphatic heterocycles. The van der Waals surface area contributed by atoms with Crippen LogP contribution in [0.3, 0.4) is 0 Å². The minimum atomic E-state index is -3.48. The zero-order valence-electron chi connectivity index (χ0n) is 15.2. The second-order valence-corrected chi connectivity index (χ2v) is 10.8. The number of nitrogens with zero attached hydrogens (tertiary/aromatic N) is 1. The van der Waals surface area contributed by atoms with E-state index in [1.54, 1.807) is 10.4 Å². The Bertz CT molecular complexity index is 692. The van der Waals surface area contributed by atoms with Gasteiger partial charge in [0.05, 0.1) is 0 Å². The highest BCUT2D eigenvalue weighted by molar-refractivity contribution is 7.91. The van der Waals surface area contributed by atoms with Crippen LogP contribution in [0.1, 0.15) is 44.9 Å². The first-order valence-electron chi connectivity index (χ1n) is 8.75. The highest BCUT2D eigenvalue weighted by Crippen LogP contribution is 2.29. The van der Waals surface area contributed by atoms with Crippen molar-refractivity contribution in [2.24, 2.45) is 11.1 Å². The molecule has 0 spiro atoms. The number of nitrogens with one attached hydrogen (secondary N) is 1. The molecule has 0 bridgehead atoms. The van der Waals surface area contributed by atoms with Crippen molar-refractivity contribution >= 4 is 27.3 Å². The van der Waals surface area contributed by atoms with Crippen molar-refractivity contribution in [3.05, 3.63) is 17.0 Å². The van der Waals surface area contributed by atoms with Crippen molar-refractivity contribution in [1.29, 1.82) is 0 Å². The van der Waals surface area contributed by atoms with Gasteiger partial charge in [0, 0.05) is 36.0 Å². The van der Waals surface area contributed by atoms with Crippen LogP contribution in [0.2, 0.25) is 0 Å². The van der Waals surface area contributed by atoms with Crippen LogP contribution in [0.15, 0.2) is 16.3 Å². The molecule has 8 heteroatoms. The van der Waals surface area contributed by atoms with E-state index in [9.17, 15) is 13.2 Å². The van der Waals surface area contributed by atoms with Crippen LogP contribution < -0.4 is 11.1 Å². The predicted octanol–water partition coefficient (Wildman–Crippen LogP) is 1.95. The van der Waals surface area contributed by atoms with Gasteiger partial charge >= 0.3 is 0 Å². The zero-order chi connectivity index (χ0) is 18.7. The first-order valence-corrected chi connectivity index (χ1v) is 11.0. The second kappa shape index (κ2) is 8.16. The molecule has 1 atom stereocenters. The first-order chi connectivity index (χ1) is 11.7. The molecule has 142 valence electrons.